The average Bonchev–Trinajstić information content (AvgIpc) is 3.19. The number of hydrogen-bond donors (Lipinski definition) is 2. The quantitative estimate of drug-likeness (QED) is 0.769. The second kappa shape index (κ2) is 9.96. The summed E-state index contributed by atoms with van der Waals surface area (Å²) in [5.41, 5.74) is 2.78. The first-order valence-corrected chi connectivity index (χ1v) is 11.1. The van der Waals surface area contributed by atoms with E-state index in [1.54, 1.807) is 11.2 Å². The van der Waals surface area contributed by atoms with Gasteiger partial charge in [0.05, 0.1) is 12.0 Å². The van der Waals surface area contributed by atoms with Crippen LogP contribution in [-0.2, 0) is 16.1 Å². The van der Waals surface area contributed by atoms with E-state index in [2.05, 4.69) is 15.6 Å². The van der Waals surface area contributed by atoms with E-state index in [9.17, 15) is 9.59 Å². The molecule has 1 saturated heterocycles. The fourth-order valence-electron chi connectivity index (χ4n) is 4.24. The highest BCUT2D eigenvalue weighted by molar-refractivity contribution is 5.95. The SMILES string of the molecule is Cc1cn(Cc2cccc(NC(=O)[C@H]3CN(C(=O)OC4CCCCC4)CCN3)c2)cn1. The van der Waals surface area contributed by atoms with E-state index in [1.807, 2.05) is 42.0 Å². The zero-order valence-corrected chi connectivity index (χ0v) is 18.0. The second-order valence-electron chi connectivity index (χ2n) is 8.47. The van der Waals surface area contributed by atoms with Crippen LogP contribution in [0.5, 0.6) is 0 Å². The third-order valence-corrected chi connectivity index (χ3v) is 5.89. The van der Waals surface area contributed by atoms with Gasteiger partial charge >= 0.3 is 6.09 Å². The van der Waals surface area contributed by atoms with Crippen molar-refractivity contribution in [2.75, 3.05) is 25.0 Å². The van der Waals surface area contributed by atoms with Crippen LogP contribution in [0, 0.1) is 6.92 Å². The minimum atomic E-state index is -0.465. The van der Waals surface area contributed by atoms with Crippen LogP contribution in [0.15, 0.2) is 36.8 Å². The molecule has 1 aromatic heterocycles. The number of aromatic nitrogens is 2. The van der Waals surface area contributed by atoms with Crippen LogP contribution in [0.1, 0.15) is 43.4 Å². The summed E-state index contributed by atoms with van der Waals surface area (Å²) in [6.45, 7) is 4.07. The van der Waals surface area contributed by atoms with E-state index in [4.69, 9.17) is 4.74 Å². The topological polar surface area (TPSA) is 88.5 Å². The van der Waals surface area contributed by atoms with E-state index in [0.717, 1.165) is 42.6 Å². The molecule has 1 saturated carbocycles. The van der Waals surface area contributed by atoms with Gasteiger partial charge in [-0.2, -0.15) is 0 Å². The van der Waals surface area contributed by atoms with Gasteiger partial charge in [0, 0.05) is 38.1 Å². The third kappa shape index (κ3) is 5.85. The third-order valence-electron chi connectivity index (χ3n) is 5.89. The van der Waals surface area contributed by atoms with Crippen molar-refractivity contribution in [2.24, 2.45) is 0 Å². The molecule has 1 aromatic carbocycles. The predicted molar refractivity (Wildman–Crippen MR) is 118 cm³/mol. The number of hydrogen-bond acceptors (Lipinski definition) is 5. The standard InChI is InChI=1S/C23H31N5O3/c1-17-13-27(16-25-17)14-18-6-5-7-19(12-18)26-22(29)21-15-28(11-10-24-21)23(30)31-20-8-3-2-4-9-20/h5-7,12-13,16,20-21,24H,2-4,8-11,14-15H2,1H3,(H,26,29)/t21-/m1/s1. The molecular weight excluding hydrogens is 394 g/mol. The molecule has 0 radical (unpaired) electrons. The summed E-state index contributed by atoms with van der Waals surface area (Å²) in [5.74, 6) is -0.147. The summed E-state index contributed by atoms with van der Waals surface area (Å²) in [4.78, 5) is 31.3. The highest BCUT2D eigenvalue weighted by Gasteiger charge is 2.30. The highest BCUT2D eigenvalue weighted by Crippen LogP contribution is 2.21. The number of ether oxygens (including phenoxy) is 1. The Hall–Kier alpha value is -2.87. The Balaban J connectivity index is 1.31. The number of imidazole rings is 1. The molecule has 8 heteroatoms. The number of nitrogens with one attached hydrogen (secondary N) is 2. The Morgan fingerprint density at radius 2 is 2.10 bits per heavy atom. The van der Waals surface area contributed by atoms with E-state index in [1.165, 1.54) is 6.42 Å². The molecule has 0 unspecified atom stereocenters. The van der Waals surface area contributed by atoms with Crippen molar-refractivity contribution >= 4 is 17.7 Å². The zero-order valence-electron chi connectivity index (χ0n) is 18.0. The molecule has 0 spiro atoms. The maximum Gasteiger partial charge on any atom is 0.410 e. The Morgan fingerprint density at radius 1 is 1.26 bits per heavy atom. The summed E-state index contributed by atoms with van der Waals surface area (Å²) < 4.78 is 7.68. The van der Waals surface area contributed by atoms with E-state index >= 15 is 0 Å². The lowest BCUT2D eigenvalue weighted by Crippen LogP contribution is -2.57. The smallest absolute Gasteiger partial charge is 0.410 e. The van der Waals surface area contributed by atoms with Crippen molar-refractivity contribution in [3.8, 4) is 0 Å². The van der Waals surface area contributed by atoms with E-state index in [0.29, 0.717) is 26.2 Å². The number of carbonyl (C=O) groups is 2. The Morgan fingerprint density at radius 3 is 2.87 bits per heavy atom. The van der Waals surface area contributed by atoms with Gasteiger partial charge in [-0.1, -0.05) is 18.6 Å². The van der Waals surface area contributed by atoms with Crippen LogP contribution in [0.3, 0.4) is 0 Å². The Labute approximate surface area is 183 Å². The van der Waals surface area contributed by atoms with Crippen molar-refractivity contribution in [1.29, 1.82) is 0 Å². The molecule has 2 aromatic rings. The van der Waals surface area contributed by atoms with Gasteiger partial charge in [0.15, 0.2) is 0 Å². The van der Waals surface area contributed by atoms with Crippen LogP contribution >= 0.6 is 0 Å². The van der Waals surface area contributed by atoms with Gasteiger partial charge in [-0.15, -0.1) is 0 Å². The lowest BCUT2D eigenvalue weighted by Gasteiger charge is -2.33. The largest absolute Gasteiger partial charge is 0.446 e. The molecule has 1 atom stereocenters. The van der Waals surface area contributed by atoms with Crippen molar-refractivity contribution in [3.05, 3.63) is 48.0 Å². The molecule has 1 aliphatic heterocycles. The van der Waals surface area contributed by atoms with Crippen molar-refractivity contribution in [2.45, 2.75) is 57.7 Å². The fraction of sp³-hybridized carbons (Fsp3) is 0.522. The van der Waals surface area contributed by atoms with Gasteiger partial charge in [-0.3, -0.25) is 4.79 Å². The maximum atomic E-state index is 12.8. The van der Waals surface area contributed by atoms with Crippen LogP contribution in [0.25, 0.3) is 0 Å². The molecule has 2 fully saturated rings. The van der Waals surface area contributed by atoms with Gasteiger partial charge in [-0.05, 0) is 50.3 Å². The molecule has 2 N–H and O–H groups in total. The van der Waals surface area contributed by atoms with E-state index < -0.39 is 6.04 Å². The first-order valence-electron chi connectivity index (χ1n) is 11.1. The number of piperazine rings is 1. The summed E-state index contributed by atoms with van der Waals surface area (Å²) in [7, 11) is 0. The molecule has 1 aliphatic carbocycles. The number of aryl methyl sites for hydroxylation is 1. The molecule has 0 bridgehead atoms. The highest BCUT2D eigenvalue weighted by atomic mass is 16.6. The Kier molecular flexibility index (Phi) is 6.86. The normalized spacial score (nSPS) is 19.8. The number of carbonyl (C=O) groups excluding carboxylic acids is 2. The first kappa shape index (κ1) is 21.4. The molecule has 2 aliphatic rings. The summed E-state index contributed by atoms with van der Waals surface area (Å²) >= 11 is 0. The lowest BCUT2D eigenvalue weighted by atomic mass is 9.98. The molecule has 8 nitrogen and oxygen atoms in total. The molecule has 2 heterocycles. The minimum absolute atomic E-state index is 0.0189. The zero-order chi connectivity index (χ0) is 21.6. The van der Waals surface area contributed by atoms with Gasteiger partial charge in [0.25, 0.3) is 0 Å². The van der Waals surface area contributed by atoms with Gasteiger partial charge in [0.2, 0.25) is 5.91 Å². The average molecular weight is 426 g/mol. The maximum absolute atomic E-state index is 12.8. The van der Waals surface area contributed by atoms with Crippen LogP contribution in [0.2, 0.25) is 0 Å². The molecule has 4 rings (SSSR count). The minimum Gasteiger partial charge on any atom is -0.446 e. The molecule has 2 amide bonds. The number of amides is 2. The van der Waals surface area contributed by atoms with Gasteiger partial charge in [-0.25, -0.2) is 9.78 Å². The predicted octanol–water partition coefficient (Wildman–Crippen LogP) is 2.92. The number of rotatable bonds is 5. The number of anilines is 1. The van der Waals surface area contributed by atoms with Crippen LogP contribution in [0.4, 0.5) is 10.5 Å². The summed E-state index contributed by atoms with van der Waals surface area (Å²) in [6, 6.07) is 7.32. The van der Waals surface area contributed by atoms with Crippen molar-refractivity contribution in [1.82, 2.24) is 19.8 Å². The van der Waals surface area contributed by atoms with E-state index in [-0.39, 0.29) is 18.1 Å². The molecular formula is C23H31N5O3. The lowest BCUT2D eigenvalue weighted by molar-refractivity contribution is -0.119. The summed E-state index contributed by atoms with van der Waals surface area (Å²) in [6.07, 6.45) is 8.83. The van der Waals surface area contributed by atoms with Gasteiger partial charge in [0.1, 0.15) is 12.1 Å². The monoisotopic (exact) mass is 425 g/mol. The van der Waals surface area contributed by atoms with Crippen LogP contribution < -0.4 is 10.6 Å². The van der Waals surface area contributed by atoms with Crippen molar-refractivity contribution < 1.29 is 14.3 Å². The van der Waals surface area contributed by atoms with Crippen LogP contribution in [-0.4, -0.2) is 58.2 Å². The van der Waals surface area contributed by atoms with Gasteiger partial charge < -0.3 is 24.8 Å². The Bertz CT molecular complexity index is 906. The number of benzene rings is 1. The molecule has 31 heavy (non-hydrogen) atoms. The number of nitrogens with zero attached hydrogens (tertiary/aromatic N) is 3. The summed E-state index contributed by atoms with van der Waals surface area (Å²) in [5, 5.41) is 6.19. The van der Waals surface area contributed by atoms with Crippen molar-refractivity contribution in [3.63, 3.8) is 0 Å². The first-order chi connectivity index (χ1) is 15.1. The fourth-order valence-corrected chi connectivity index (χ4v) is 4.24. The second-order valence-corrected chi connectivity index (χ2v) is 8.47. The molecule has 166 valence electrons.